The van der Waals surface area contributed by atoms with E-state index in [1.165, 1.54) is 5.56 Å². The van der Waals surface area contributed by atoms with Crippen molar-refractivity contribution in [3.8, 4) is 0 Å². The maximum Gasteiger partial charge on any atom is 0.191 e. The molecule has 5 heteroatoms. The van der Waals surface area contributed by atoms with Crippen LogP contribution in [0, 0.1) is 0 Å². The van der Waals surface area contributed by atoms with Crippen LogP contribution in [-0.2, 0) is 13.1 Å². The lowest BCUT2D eigenvalue weighted by molar-refractivity contribution is 0.798. The summed E-state index contributed by atoms with van der Waals surface area (Å²) in [6.45, 7) is 4.18. The van der Waals surface area contributed by atoms with E-state index in [0.717, 1.165) is 24.0 Å². The second-order valence-corrected chi connectivity index (χ2v) is 5.42. The Bertz CT molecular complexity index is 622. The number of nitrogens with one attached hydrogen (secondary N) is 2. The normalized spacial score (nSPS) is 11.2. The Morgan fingerprint density at radius 3 is 2.52 bits per heavy atom. The van der Waals surface area contributed by atoms with Gasteiger partial charge >= 0.3 is 0 Å². The molecule has 0 radical (unpaired) electrons. The number of aliphatic imine (C=N–C) groups is 1. The van der Waals surface area contributed by atoms with E-state index in [9.17, 15) is 0 Å². The first-order valence-corrected chi connectivity index (χ1v) is 7.88. The largest absolute Gasteiger partial charge is 0.363 e. The minimum atomic E-state index is 0.641. The minimum Gasteiger partial charge on any atom is -0.363 e. The predicted molar refractivity (Wildman–Crippen MR) is 96.7 cm³/mol. The molecule has 0 spiro atoms. The van der Waals surface area contributed by atoms with E-state index < -0.39 is 0 Å². The molecule has 0 aliphatic rings. The van der Waals surface area contributed by atoms with Crippen LogP contribution >= 0.6 is 0 Å². The van der Waals surface area contributed by atoms with Crippen molar-refractivity contribution in [2.45, 2.75) is 20.0 Å². The first kappa shape index (κ1) is 16.8. The first-order chi connectivity index (χ1) is 11.2. The molecule has 0 aliphatic carbocycles. The van der Waals surface area contributed by atoms with Crippen molar-refractivity contribution < 1.29 is 0 Å². The summed E-state index contributed by atoms with van der Waals surface area (Å²) in [5.74, 6) is 1.75. The van der Waals surface area contributed by atoms with Gasteiger partial charge < -0.3 is 15.5 Å². The second kappa shape index (κ2) is 8.78. The molecule has 122 valence electrons. The summed E-state index contributed by atoms with van der Waals surface area (Å²) in [7, 11) is 3.98. The van der Waals surface area contributed by atoms with Gasteiger partial charge in [0, 0.05) is 20.6 Å². The number of rotatable bonds is 6. The summed E-state index contributed by atoms with van der Waals surface area (Å²) in [5.41, 5.74) is 2.18. The van der Waals surface area contributed by atoms with Crippen molar-refractivity contribution in [1.29, 1.82) is 0 Å². The van der Waals surface area contributed by atoms with Gasteiger partial charge in [-0.15, -0.1) is 0 Å². The van der Waals surface area contributed by atoms with Crippen LogP contribution in [0.5, 0.6) is 0 Å². The lowest BCUT2D eigenvalue weighted by Gasteiger charge is -2.14. The highest BCUT2D eigenvalue weighted by atomic mass is 15.2. The summed E-state index contributed by atoms with van der Waals surface area (Å²) in [5, 5.41) is 6.59. The van der Waals surface area contributed by atoms with Crippen molar-refractivity contribution >= 4 is 11.8 Å². The zero-order valence-electron chi connectivity index (χ0n) is 14.1. The van der Waals surface area contributed by atoms with Crippen LogP contribution in [0.2, 0.25) is 0 Å². The summed E-state index contributed by atoms with van der Waals surface area (Å²) >= 11 is 0. The molecule has 0 fully saturated rings. The monoisotopic (exact) mass is 311 g/mol. The average molecular weight is 311 g/mol. The molecule has 23 heavy (non-hydrogen) atoms. The molecule has 0 unspecified atom stereocenters. The third kappa shape index (κ3) is 5.62. The Balaban J connectivity index is 1.98. The fraction of sp³-hybridized carbons (Fsp3) is 0.333. The molecule has 0 amide bonds. The third-order valence-corrected chi connectivity index (χ3v) is 3.29. The quantitative estimate of drug-likeness (QED) is 0.635. The Hall–Kier alpha value is -2.56. The average Bonchev–Trinajstić information content (AvgIpc) is 2.58. The molecule has 1 aromatic heterocycles. The van der Waals surface area contributed by atoms with E-state index in [-0.39, 0.29) is 0 Å². The van der Waals surface area contributed by atoms with E-state index >= 15 is 0 Å². The fourth-order valence-corrected chi connectivity index (χ4v) is 2.08. The Morgan fingerprint density at radius 2 is 1.83 bits per heavy atom. The van der Waals surface area contributed by atoms with Gasteiger partial charge in [-0.25, -0.2) is 9.98 Å². The summed E-state index contributed by atoms with van der Waals surface area (Å²) < 4.78 is 0. The van der Waals surface area contributed by atoms with Crippen LogP contribution in [0.15, 0.2) is 53.5 Å². The highest BCUT2D eigenvalue weighted by Crippen LogP contribution is 2.07. The number of hydrogen-bond acceptors (Lipinski definition) is 3. The molecule has 2 N–H and O–H groups in total. The molecular weight excluding hydrogens is 286 g/mol. The zero-order chi connectivity index (χ0) is 16.5. The summed E-state index contributed by atoms with van der Waals surface area (Å²) in [6, 6.07) is 16.3. The molecule has 2 rings (SSSR count). The number of pyridine rings is 1. The van der Waals surface area contributed by atoms with Crippen molar-refractivity contribution in [3.05, 3.63) is 59.8 Å². The van der Waals surface area contributed by atoms with Crippen molar-refractivity contribution in [2.24, 2.45) is 4.99 Å². The van der Waals surface area contributed by atoms with Gasteiger partial charge in [-0.3, -0.25) is 0 Å². The lowest BCUT2D eigenvalue weighted by Crippen LogP contribution is -2.37. The second-order valence-electron chi connectivity index (χ2n) is 5.42. The van der Waals surface area contributed by atoms with E-state index in [1.807, 2.05) is 55.4 Å². The van der Waals surface area contributed by atoms with Gasteiger partial charge in [0.25, 0.3) is 0 Å². The van der Waals surface area contributed by atoms with Crippen LogP contribution < -0.4 is 15.5 Å². The van der Waals surface area contributed by atoms with E-state index in [1.54, 1.807) is 0 Å². The molecule has 0 saturated heterocycles. The summed E-state index contributed by atoms with van der Waals surface area (Å²) in [6.07, 6.45) is 0. The van der Waals surface area contributed by atoms with Gasteiger partial charge in [-0.05, 0) is 24.6 Å². The molecule has 1 aromatic carbocycles. The van der Waals surface area contributed by atoms with E-state index in [0.29, 0.717) is 13.1 Å². The molecule has 0 aliphatic heterocycles. The highest BCUT2D eigenvalue weighted by Gasteiger charge is 2.02. The van der Waals surface area contributed by atoms with Crippen LogP contribution in [0.3, 0.4) is 0 Å². The van der Waals surface area contributed by atoms with Crippen molar-refractivity contribution in [2.75, 3.05) is 25.5 Å². The number of hydrogen-bond donors (Lipinski definition) is 2. The lowest BCUT2D eigenvalue weighted by atomic mass is 10.2. The number of guanidine groups is 1. The third-order valence-electron chi connectivity index (χ3n) is 3.29. The summed E-state index contributed by atoms with van der Waals surface area (Å²) in [4.78, 5) is 11.2. The van der Waals surface area contributed by atoms with Crippen LogP contribution in [0.4, 0.5) is 5.82 Å². The van der Waals surface area contributed by atoms with Gasteiger partial charge in [-0.1, -0.05) is 36.4 Å². The first-order valence-electron chi connectivity index (χ1n) is 7.88. The fourth-order valence-electron chi connectivity index (χ4n) is 2.08. The number of benzene rings is 1. The molecule has 2 aromatic rings. The standard InChI is InChI=1S/C18H25N5/c1-4-19-18(20-13-15-9-6-5-7-10-15)21-14-16-11-8-12-17(22-16)23(2)3/h5-12H,4,13-14H2,1-3H3,(H2,19,20,21). The highest BCUT2D eigenvalue weighted by molar-refractivity contribution is 5.79. The zero-order valence-corrected chi connectivity index (χ0v) is 14.1. The van der Waals surface area contributed by atoms with Gasteiger partial charge in [0.15, 0.2) is 5.96 Å². The van der Waals surface area contributed by atoms with E-state index in [4.69, 9.17) is 0 Å². The molecule has 0 atom stereocenters. The van der Waals surface area contributed by atoms with Crippen molar-refractivity contribution in [1.82, 2.24) is 15.6 Å². The Kier molecular flexibility index (Phi) is 6.41. The molecular formula is C18H25N5. The maximum atomic E-state index is 4.61. The van der Waals surface area contributed by atoms with Crippen LogP contribution in [-0.4, -0.2) is 31.6 Å². The molecule has 0 bridgehead atoms. The van der Waals surface area contributed by atoms with Gasteiger partial charge in [0.1, 0.15) is 5.82 Å². The topological polar surface area (TPSA) is 52.6 Å². The predicted octanol–water partition coefficient (Wildman–Crippen LogP) is 2.40. The Morgan fingerprint density at radius 1 is 1.04 bits per heavy atom. The number of nitrogens with zero attached hydrogens (tertiary/aromatic N) is 3. The number of anilines is 1. The number of aromatic nitrogens is 1. The van der Waals surface area contributed by atoms with Crippen molar-refractivity contribution in [3.63, 3.8) is 0 Å². The van der Waals surface area contributed by atoms with Crippen LogP contribution in [0.1, 0.15) is 18.2 Å². The molecule has 0 saturated carbocycles. The smallest absolute Gasteiger partial charge is 0.191 e. The molecule has 5 nitrogen and oxygen atoms in total. The van der Waals surface area contributed by atoms with Gasteiger partial charge in [-0.2, -0.15) is 0 Å². The van der Waals surface area contributed by atoms with Crippen LogP contribution in [0.25, 0.3) is 0 Å². The minimum absolute atomic E-state index is 0.641. The maximum absolute atomic E-state index is 4.61. The van der Waals surface area contributed by atoms with Gasteiger partial charge in [0.05, 0.1) is 18.8 Å². The SMILES string of the molecule is CCNC(=NCc1ccccc1)NCc1cccc(N(C)C)n1. The van der Waals surface area contributed by atoms with Gasteiger partial charge in [0.2, 0.25) is 0 Å². The van der Waals surface area contributed by atoms with E-state index in [2.05, 4.69) is 39.7 Å². The Labute approximate surface area is 138 Å². The molecule has 1 heterocycles.